The molecule has 0 radical (unpaired) electrons. The number of methoxy groups -OCH3 is 4. The van der Waals surface area contributed by atoms with Crippen molar-refractivity contribution in [3.05, 3.63) is 70.2 Å². The SMILES string of the molecule is COc1ccc(/C=C\c2cc(OC)c(OC)c(OC)c2)cc1NC(=O)Nc1ccccc1Br. The lowest BCUT2D eigenvalue weighted by molar-refractivity contribution is 0.262. The molecule has 0 aliphatic carbocycles. The molecular formula is C25H25BrN2O5. The van der Waals surface area contributed by atoms with Gasteiger partial charge in [-0.05, 0) is 63.5 Å². The molecule has 3 aromatic rings. The third-order valence-corrected chi connectivity index (χ3v) is 5.44. The van der Waals surface area contributed by atoms with Crippen molar-refractivity contribution in [2.45, 2.75) is 0 Å². The highest BCUT2D eigenvalue weighted by Crippen LogP contribution is 2.38. The summed E-state index contributed by atoms with van der Waals surface area (Å²) in [4.78, 5) is 12.5. The first-order valence-electron chi connectivity index (χ1n) is 9.97. The minimum Gasteiger partial charge on any atom is -0.495 e. The predicted octanol–water partition coefficient (Wildman–Crippen LogP) is 6.30. The van der Waals surface area contributed by atoms with E-state index in [-0.39, 0.29) is 6.03 Å². The smallest absolute Gasteiger partial charge is 0.323 e. The van der Waals surface area contributed by atoms with Crippen LogP contribution in [-0.2, 0) is 0 Å². The average Bonchev–Trinajstić information content (AvgIpc) is 2.83. The maximum Gasteiger partial charge on any atom is 0.323 e. The van der Waals surface area contributed by atoms with E-state index < -0.39 is 0 Å². The Hall–Kier alpha value is -3.65. The van der Waals surface area contributed by atoms with Crippen LogP contribution in [-0.4, -0.2) is 34.5 Å². The highest BCUT2D eigenvalue weighted by Gasteiger charge is 2.13. The summed E-state index contributed by atoms with van der Waals surface area (Å²) in [7, 11) is 6.27. The maximum absolute atomic E-state index is 12.5. The Morgan fingerprint density at radius 3 is 1.94 bits per heavy atom. The Morgan fingerprint density at radius 1 is 0.727 bits per heavy atom. The van der Waals surface area contributed by atoms with Crippen LogP contribution in [0, 0.1) is 0 Å². The van der Waals surface area contributed by atoms with Gasteiger partial charge >= 0.3 is 6.03 Å². The van der Waals surface area contributed by atoms with Crippen molar-refractivity contribution in [2.75, 3.05) is 39.1 Å². The maximum atomic E-state index is 12.5. The van der Waals surface area contributed by atoms with Crippen molar-refractivity contribution in [3.8, 4) is 23.0 Å². The van der Waals surface area contributed by atoms with E-state index in [2.05, 4.69) is 26.6 Å². The van der Waals surface area contributed by atoms with Crippen LogP contribution in [0.3, 0.4) is 0 Å². The lowest BCUT2D eigenvalue weighted by atomic mass is 10.1. The van der Waals surface area contributed by atoms with Gasteiger partial charge in [-0.15, -0.1) is 0 Å². The number of amides is 2. The summed E-state index contributed by atoms with van der Waals surface area (Å²) in [5.74, 6) is 2.21. The molecule has 0 heterocycles. The molecule has 0 saturated carbocycles. The Kier molecular flexibility index (Phi) is 8.21. The monoisotopic (exact) mass is 512 g/mol. The summed E-state index contributed by atoms with van der Waals surface area (Å²) >= 11 is 3.42. The van der Waals surface area contributed by atoms with Gasteiger partial charge < -0.3 is 29.6 Å². The van der Waals surface area contributed by atoms with E-state index >= 15 is 0 Å². The fourth-order valence-corrected chi connectivity index (χ4v) is 3.54. The standard InChI is InChI=1S/C25H25BrN2O5/c1-30-21-12-11-16(9-10-17-14-22(31-2)24(33-4)23(15-17)32-3)13-20(21)28-25(29)27-19-8-6-5-7-18(19)26/h5-15H,1-4H3,(H2,27,28,29)/b10-9-. The molecular weight excluding hydrogens is 488 g/mol. The predicted molar refractivity (Wildman–Crippen MR) is 135 cm³/mol. The molecule has 0 aliphatic heterocycles. The van der Waals surface area contributed by atoms with Gasteiger partial charge in [-0.3, -0.25) is 0 Å². The molecule has 8 heteroatoms. The van der Waals surface area contributed by atoms with Crippen LogP contribution in [0.1, 0.15) is 11.1 Å². The van der Waals surface area contributed by atoms with Crippen molar-refractivity contribution in [1.82, 2.24) is 0 Å². The second-order valence-electron chi connectivity index (χ2n) is 6.81. The minimum atomic E-state index is -0.383. The second kappa shape index (κ2) is 11.3. The van der Waals surface area contributed by atoms with Gasteiger partial charge in [-0.1, -0.05) is 30.4 Å². The van der Waals surface area contributed by atoms with E-state index in [9.17, 15) is 4.79 Å². The van der Waals surface area contributed by atoms with Gasteiger partial charge in [-0.25, -0.2) is 4.79 Å². The highest BCUT2D eigenvalue weighted by atomic mass is 79.9. The number of ether oxygens (including phenoxy) is 4. The number of urea groups is 1. The number of carbonyl (C=O) groups is 1. The molecule has 33 heavy (non-hydrogen) atoms. The number of para-hydroxylation sites is 1. The van der Waals surface area contributed by atoms with Gasteiger partial charge in [-0.2, -0.15) is 0 Å². The number of nitrogens with one attached hydrogen (secondary N) is 2. The number of carbonyl (C=O) groups excluding carboxylic acids is 1. The zero-order valence-electron chi connectivity index (χ0n) is 18.8. The number of benzene rings is 3. The van der Waals surface area contributed by atoms with E-state index in [4.69, 9.17) is 18.9 Å². The van der Waals surface area contributed by atoms with Gasteiger partial charge in [0.25, 0.3) is 0 Å². The number of hydrogen-bond donors (Lipinski definition) is 2. The molecule has 2 amide bonds. The normalized spacial score (nSPS) is 10.6. The highest BCUT2D eigenvalue weighted by molar-refractivity contribution is 9.10. The molecule has 172 valence electrons. The largest absolute Gasteiger partial charge is 0.495 e. The van der Waals surface area contributed by atoms with Crippen molar-refractivity contribution < 1.29 is 23.7 Å². The molecule has 0 atom stereocenters. The van der Waals surface area contributed by atoms with Crippen LogP contribution >= 0.6 is 15.9 Å². The Balaban J connectivity index is 1.83. The molecule has 2 N–H and O–H groups in total. The first-order valence-corrected chi connectivity index (χ1v) is 10.8. The molecule has 0 spiro atoms. The van der Waals surface area contributed by atoms with E-state index in [1.165, 1.54) is 0 Å². The lowest BCUT2D eigenvalue weighted by Crippen LogP contribution is -2.20. The molecule has 0 saturated heterocycles. The summed E-state index contributed by atoms with van der Waals surface area (Å²) < 4.78 is 22.4. The van der Waals surface area contributed by atoms with E-state index in [0.717, 1.165) is 15.6 Å². The molecule has 0 unspecified atom stereocenters. The Bertz CT molecular complexity index is 1140. The number of hydrogen-bond acceptors (Lipinski definition) is 5. The van der Waals surface area contributed by atoms with Crippen LogP contribution in [0.15, 0.2) is 59.1 Å². The molecule has 3 aromatic carbocycles. The van der Waals surface area contributed by atoms with E-state index in [1.807, 2.05) is 54.6 Å². The number of rotatable bonds is 8. The summed E-state index contributed by atoms with van der Waals surface area (Å²) in [6.45, 7) is 0. The van der Waals surface area contributed by atoms with Gasteiger partial charge in [0.1, 0.15) is 5.75 Å². The molecule has 0 aromatic heterocycles. The van der Waals surface area contributed by atoms with Crippen LogP contribution < -0.4 is 29.6 Å². The van der Waals surface area contributed by atoms with Crippen LogP contribution in [0.25, 0.3) is 12.2 Å². The summed E-state index contributed by atoms with van der Waals surface area (Å²) in [5.41, 5.74) is 2.92. The van der Waals surface area contributed by atoms with Crippen molar-refractivity contribution in [2.24, 2.45) is 0 Å². The molecule has 0 bridgehead atoms. The van der Waals surface area contributed by atoms with Gasteiger partial charge in [0, 0.05) is 4.47 Å². The zero-order valence-corrected chi connectivity index (χ0v) is 20.4. The van der Waals surface area contributed by atoms with Gasteiger partial charge in [0.05, 0.1) is 39.8 Å². The third kappa shape index (κ3) is 5.98. The Morgan fingerprint density at radius 2 is 1.33 bits per heavy atom. The summed E-state index contributed by atoms with van der Waals surface area (Å²) in [6.07, 6.45) is 3.83. The Labute approximate surface area is 201 Å². The van der Waals surface area contributed by atoms with Crippen LogP contribution in [0.4, 0.5) is 16.2 Å². The quantitative estimate of drug-likeness (QED) is 0.346. The topological polar surface area (TPSA) is 78.1 Å². The molecule has 7 nitrogen and oxygen atoms in total. The first kappa shape index (κ1) is 24.0. The molecule has 0 aliphatic rings. The lowest BCUT2D eigenvalue weighted by Gasteiger charge is -2.13. The van der Waals surface area contributed by atoms with Crippen molar-refractivity contribution >= 4 is 45.5 Å². The van der Waals surface area contributed by atoms with Crippen molar-refractivity contribution in [3.63, 3.8) is 0 Å². The van der Waals surface area contributed by atoms with E-state index in [0.29, 0.717) is 34.4 Å². The molecule has 0 fully saturated rings. The number of anilines is 2. The van der Waals surface area contributed by atoms with Gasteiger partial charge in [0.15, 0.2) is 11.5 Å². The van der Waals surface area contributed by atoms with E-state index in [1.54, 1.807) is 40.6 Å². The van der Waals surface area contributed by atoms with Crippen molar-refractivity contribution in [1.29, 1.82) is 0 Å². The molecule has 3 rings (SSSR count). The van der Waals surface area contributed by atoms with Crippen LogP contribution in [0.5, 0.6) is 23.0 Å². The van der Waals surface area contributed by atoms with Crippen LogP contribution in [0.2, 0.25) is 0 Å². The zero-order chi connectivity index (χ0) is 23.8. The van der Waals surface area contributed by atoms with Gasteiger partial charge in [0.2, 0.25) is 5.75 Å². The summed E-state index contributed by atoms with van der Waals surface area (Å²) in [6, 6.07) is 16.2. The summed E-state index contributed by atoms with van der Waals surface area (Å²) in [5, 5.41) is 5.65. The minimum absolute atomic E-state index is 0.383. The third-order valence-electron chi connectivity index (χ3n) is 4.75. The average molecular weight is 513 g/mol. The first-order chi connectivity index (χ1) is 16.0. The second-order valence-corrected chi connectivity index (χ2v) is 7.67. The fourth-order valence-electron chi connectivity index (χ4n) is 3.16. The number of halogens is 1. The fraction of sp³-hybridized carbons (Fsp3) is 0.160.